The van der Waals surface area contributed by atoms with Crippen molar-refractivity contribution in [3.8, 4) is 5.88 Å². The minimum absolute atomic E-state index is 0.0568. The fraction of sp³-hybridized carbons (Fsp3) is 0.421. The van der Waals surface area contributed by atoms with Gasteiger partial charge in [-0.1, -0.05) is 30.3 Å². The van der Waals surface area contributed by atoms with Gasteiger partial charge in [-0.2, -0.15) is 0 Å². The van der Waals surface area contributed by atoms with Crippen LogP contribution in [-0.2, 0) is 20.6 Å². The summed E-state index contributed by atoms with van der Waals surface area (Å²) >= 11 is 0. The van der Waals surface area contributed by atoms with Crippen LogP contribution in [0.4, 0.5) is 0 Å². The van der Waals surface area contributed by atoms with E-state index in [1.165, 1.54) is 25.9 Å². The molecule has 7 heteroatoms. The average molecular weight is 356 g/mol. The van der Waals surface area contributed by atoms with Gasteiger partial charge in [-0.05, 0) is 18.4 Å². The van der Waals surface area contributed by atoms with E-state index >= 15 is 0 Å². The van der Waals surface area contributed by atoms with E-state index in [0.717, 1.165) is 41.6 Å². The summed E-state index contributed by atoms with van der Waals surface area (Å²) < 4.78 is 2.02. The first-order valence-electron chi connectivity index (χ1n) is 8.76. The minimum atomic E-state index is -0.557. The lowest BCUT2D eigenvalue weighted by Crippen LogP contribution is -2.39. The van der Waals surface area contributed by atoms with Gasteiger partial charge in [-0.15, -0.1) is 0 Å². The molecule has 1 aromatic carbocycles. The molecule has 0 radical (unpaired) electrons. The lowest BCUT2D eigenvalue weighted by Gasteiger charge is -2.30. The van der Waals surface area contributed by atoms with Crippen molar-refractivity contribution >= 4 is 6.21 Å². The Kier molecular flexibility index (Phi) is 5.37. The molecule has 0 bridgehead atoms. The molecule has 7 nitrogen and oxygen atoms in total. The van der Waals surface area contributed by atoms with Crippen molar-refractivity contribution in [2.45, 2.75) is 25.4 Å². The summed E-state index contributed by atoms with van der Waals surface area (Å²) in [6.07, 6.45) is 3.21. The molecule has 138 valence electrons. The first-order valence-corrected chi connectivity index (χ1v) is 8.76. The number of likely N-dealkylation sites (tertiary alicyclic amines) is 1. The van der Waals surface area contributed by atoms with Crippen LogP contribution >= 0.6 is 0 Å². The second-order valence-corrected chi connectivity index (χ2v) is 6.71. The van der Waals surface area contributed by atoms with Crippen molar-refractivity contribution in [2.24, 2.45) is 19.1 Å². The van der Waals surface area contributed by atoms with E-state index in [-0.39, 0.29) is 17.5 Å². The summed E-state index contributed by atoms with van der Waals surface area (Å²) in [4.78, 5) is 30.8. The molecule has 2 aromatic rings. The fourth-order valence-electron chi connectivity index (χ4n) is 3.22. The summed E-state index contributed by atoms with van der Waals surface area (Å²) in [6.45, 7) is 2.81. The Labute approximate surface area is 151 Å². The highest BCUT2D eigenvalue weighted by atomic mass is 16.3. The van der Waals surface area contributed by atoms with Gasteiger partial charge in [-0.25, -0.2) is 4.79 Å². The predicted octanol–water partition coefficient (Wildman–Crippen LogP) is 0.873. The van der Waals surface area contributed by atoms with Gasteiger partial charge in [0.2, 0.25) is 5.88 Å². The van der Waals surface area contributed by atoms with E-state index < -0.39 is 11.2 Å². The van der Waals surface area contributed by atoms with Crippen LogP contribution in [0.15, 0.2) is 44.9 Å². The average Bonchev–Trinajstić information content (AvgIpc) is 2.67. The molecule has 3 rings (SSSR count). The van der Waals surface area contributed by atoms with Gasteiger partial charge >= 0.3 is 5.69 Å². The van der Waals surface area contributed by atoms with Crippen molar-refractivity contribution in [3.05, 3.63) is 62.3 Å². The highest BCUT2D eigenvalue weighted by Gasteiger charge is 2.19. The van der Waals surface area contributed by atoms with Crippen LogP contribution in [-0.4, -0.2) is 44.5 Å². The predicted molar refractivity (Wildman–Crippen MR) is 101 cm³/mol. The molecular weight excluding hydrogens is 332 g/mol. The fourth-order valence-corrected chi connectivity index (χ4v) is 3.22. The lowest BCUT2D eigenvalue weighted by atomic mass is 10.0. The Balaban J connectivity index is 1.65. The zero-order valence-corrected chi connectivity index (χ0v) is 15.1. The molecule has 2 heterocycles. The quantitative estimate of drug-likeness (QED) is 0.825. The van der Waals surface area contributed by atoms with Crippen LogP contribution in [0.5, 0.6) is 5.88 Å². The molecule has 0 spiro atoms. The first kappa shape index (κ1) is 18.1. The number of hydrogen-bond donors (Lipinski definition) is 1. The van der Waals surface area contributed by atoms with Gasteiger partial charge in [0.25, 0.3) is 5.56 Å². The number of aromatic nitrogens is 2. The van der Waals surface area contributed by atoms with Crippen LogP contribution in [0, 0.1) is 0 Å². The number of rotatable bonds is 4. The van der Waals surface area contributed by atoms with Crippen LogP contribution in [0.25, 0.3) is 0 Å². The zero-order chi connectivity index (χ0) is 18.7. The molecule has 1 aliphatic heterocycles. The van der Waals surface area contributed by atoms with Crippen molar-refractivity contribution in [1.29, 1.82) is 0 Å². The van der Waals surface area contributed by atoms with E-state index in [0.29, 0.717) is 0 Å². The summed E-state index contributed by atoms with van der Waals surface area (Å²) in [5, 5.41) is 10.1. The number of aromatic hydroxyl groups is 1. The summed E-state index contributed by atoms with van der Waals surface area (Å²) in [5.74, 6) is -0.344. The summed E-state index contributed by atoms with van der Waals surface area (Å²) in [5.41, 5.74) is 0.268. The third-order valence-corrected chi connectivity index (χ3v) is 4.89. The molecule has 26 heavy (non-hydrogen) atoms. The van der Waals surface area contributed by atoms with E-state index in [1.807, 2.05) is 18.2 Å². The van der Waals surface area contributed by atoms with Crippen molar-refractivity contribution in [3.63, 3.8) is 0 Å². The lowest BCUT2D eigenvalue weighted by molar-refractivity contribution is 0.206. The molecule has 1 aliphatic rings. The summed E-state index contributed by atoms with van der Waals surface area (Å²) in [7, 11) is 2.82. The molecule has 1 saturated heterocycles. The number of nitrogens with zero attached hydrogens (tertiary/aromatic N) is 4. The van der Waals surface area contributed by atoms with Gasteiger partial charge in [0.1, 0.15) is 5.56 Å². The van der Waals surface area contributed by atoms with Crippen molar-refractivity contribution < 1.29 is 5.11 Å². The molecule has 0 unspecified atom stereocenters. The Bertz CT molecular complexity index is 907. The number of piperidine rings is 1. The maximum atomic E-state index is 12.2. The Morgan fingerprint density at radius 2 is 1.77 bits per heavy atom. The second-order valence-electron chi connectivity index (χ2n) is 6.71. The third-order valence-electron chi connectivity index (χ3n) is 4.89. The van der Waals surface area contributed by atoms with Crippen molar-refractivity contribution in [1.82, 2.24) is 14.0 Å². The van der Waals surface area contributed by atoms with E-state index in [2.05, 4.69) is 22.0 Å². The van der Waals surface area contributed by atoms with Gasteiger partial charge in [0.15, 0.2) is 0 Å². The third kappa shape index (κ3) is 3.77. The largest absolute Gasteiger partial charge is 0.494 e. The summed E-state index contributed by atoms with van der Waals surface area (Å²) in [6, 6.07) is 10.5. The highest BCUT2D eigenvalue weighted by molar-refractivity contribution is 5.82. The van der Waals surface area contributed by atoms with E-state index in [9.17, 15) is 14.7 Å². The number of hydrogen-bond acceptors (Lipinski definition) is 5. The first-order chi connectivity index (χ1) is 12.5. The normalized spacial score (nSPS) is 16.4. The minimum Gasteiger partial charge on any atom is -0.494 e. The smallest absolute Gasteiger partial charge is 0.333 e. The van der Waals surface area contributed by atoms with Crippen LogP contribution in [0.1, 0.15) is 24.0 Å². The molecule has 0 atom stereocenters. The zero-order valence-electron chi connectivity index (χ0n) is 15.1. The molecule has 1 fully saturated rings. The topological polar surface area (TPSA) is 79.8 Å². The van der Waals surface area contributed by atoms with E-state index in [1.54, 1.807) is 0 Å². The van der Waals surface area contributed by atoms with E-state index in [4.69, 9.17) is 0 Å². The van der Waals surface area contributed by atoms with Gasteiger partial charge in [0.05, 0.1) is 6.04 Å². The Morgan fingerprint density at radius 3 is 2.42 bits per heavy atom. The molecule has 0 saturated carbocycles. The maximum absolute atomic E-state index is 12.2. The van der Waals surface area contributed by atoms with Crippen LogP contribution in [0.3, 0.4) is 0 Å². The standard InChI is InChI=1S/C19H24N4O3/c1-21-17(24)16(18(25)22(2)19(21)26)12-20-15-8-10-23(11-9-15)13-14-6-4-3-5-7-14/h3-7,12,15,24H,8-11,13H2,1-2H3. The SMILES string of the molecule is Cn1c(O)c(C=NC2CCN(Cc3ccccc3)CC2)c(=O)n(C)c1=O. The second kappa shape index (κ2) is 7.70. The Hall–Kier alpha value is -2.67. The maximum Gasteiger partial charge on any atom is 0.333 e. The van der Waals surface area contributed by atoms with Gasteiger partial charge in [-0.3, -0.25) is 23.8 Å². The Morgan fingerprint density at radius 1 is 1.12 bits per heavy atom. The highest BCUT2D eigenvalue weighted by Crippen LogP contribution is 2.16. The van der Waals surface area contributed by atoms with Crippen LogP contribution < -0.4 is 11.2 Å². The number of aliphatic imine (C=N–C) groups is 1. The molecular formula is C19H24N4O3. The van der Waals surface area contributed by atoms with Crippen LogP contribution in [0.2, 0.25) is 0 Å². The molecule has 1 aromatic heterocycles. The van der Waals surface area contributed by atoms with Crippen molar-refractivity contribution in [2.75, 3.05) is 13.1 Å². The molecule has 0 aliphatic carbocycles. The molecule has 0 amide bonds. The molecule has 1 N–H and O–H groups in total. The number of benzene rings is 1. The van der Waals surface area contributed by atoms with Gasteiger partial charge < -0.3 is 5.11 Å². The van der Waals surface area contributed by atoms with Gasteiger partial charge in [0, 0.05) is 39.9 Å². The monoisotopic (exact) mass is 356 g/mol.